The highest BCUT2D eigenvalue weighted by Crippen LogP contribution is 2.21. The number of aryl methyl sites for hydroxylation is 1. The Kier molecular flexibility index (Phi) is 3.37. The lowest BCUT2D eigenvalue weighted by Crippen LogP contribution is -1.90. The fourth-order valence-corrected chi connectivity index (χ4v) is 2.61. The Morgan fingerprint density at radius 3 is 2.70 bits per heavy atom. The lowest BCUT2D eigenvalue weighted by Gasteiger charge is -1.98. The second kappa shape index (κ2) is 5.18. The van der Waals surface area contributed by atoms with E-state index in [1.807, 2.05) is 6.20 Å². The van der Waals surface area contributed by atoms with E-state index in [0.717, 1.165) is 22.9 Å². The quantitative estimate of drug-likeness (QED) is 0.512. The highest BCUT2D eigenvalue weighted by Gasteiger charge is 2.04. The first-order valence-corrected chi connectivity index (χ1v) is 7.05. The van der Waals surface area contributed by atoms with Gasteiger partial charge in [0.25, 0.3) is 0 Å². The predicted molar refractivity (Wildman–Crippen MR) is 85.5 cm³/mol. The summed E-state index contributed by atoms with van der Waals surface area (Å²) in [6.07, 6.45) is 4.68. The van der Waals surface area contributed by atoms with E-state index in [1.54, 1.807) is 6.21 Å². The van der Waals surface area contributed by atoms with Crippen LogP contribution in [0.15, 0.2) is 29.5 Å². The van der Waals surface area contributed by atoms with Crippen molar-refractivity contribution < 1.29 is 0 Å². The van der Waals surface area contributed by atoms with Gasteiger partial charge < -0.3 is 4.98 Å². The van der Waals surface area contributed by atoms with E-state index in [2.05, 4.69) is 45.4 Å². The maximum absolute atomic E-state index is 5.09. The molecule has 0 aliphatic heterocycles. The monoisotopic (exact) mass is 303 g/mol. The zero-order valence-electron chi connectivity index (χ0n) is 10.8. The molecule has 3 rings (SSSR count). The molecule has 0 spiro atoms. The minimum absolute atomic E-state index is 0.445. The predicted octanol–water partition coefficient (Wildman–Crippen LogP) is 3.53. The zero-order chi connectivity index (χ0) is 14.1. The van der Waals surface area contributed by atoms with Crippen LogP contribution < -0.4 is 0 Å². The van der Waals surface area contributed by atoms with Crippen molar-refractivity contribution in [1.29, 1.82) is 0 Å². The first-order chi connectivity index (χ1) is 9.70. The first-order valence-electron chi connectivity index (χ1n) is 6.23. The number of hydrogen-bond donors (Lipinski definition) is 3. The largest absolute Gasteiger partial charge is 0.360 e. The van der Waals surface area contributed by atoms with Crippen LogP contribution in [0.4, 0.5) is 0 Å². The minimum Gasteiger partial charge on any atom is -0.360 e. The van der Waals surface area contributed by atoms with Crippen LogP contribution in [0.3, 0.4) is 0 Å². The maximum Gasteiger partial charge on any atom is 0.215 e. The maximum atomic E-state index is 5.09. The van der Waals surface area contributed by atoms with E-state index < -0.39 is 0 Å². The van der Waals surface area contributed by atoms with Gasteiger partial charge in [-0.05, 0) is 36.4 Å². The number of benzene rings is 1. The summed E-state index contributed by atoms with van der Waals surface area (Å²) in [4.78, 5) is 3.30. The molecule has 0 atom stereocenters. The number of H-pyrrole nitrogens is 3. The van der Waals surface area contributed by atoms with Gasteiger partial charge in [0.2, 0.25) is 9.54 Å². The van der Waals surface area contributed by atoms with Gasteiger partial charge in [-0.3, -0.25) is 10.2 Å². The first kappa shape index (κ1) is 13.0. The highest BCUT2D eigenvalue weighted by atomic mass is 32.1. The van der Waals surface area contributed by atoms with Gasteiger partial charge in [0, 0.05) is 22.7 Å². The summed E-state index contributed by atoms with van der Waals surface area (Å²) in [6.45, 7) is 2.14. The molecule has 0 saturated carbocycles. The number of nitrogens with one attached hydrogen (secondary N) is 3. The molecular formula is C13H13N5S2. The van der Waals surface area contributed by atoms with E-state index >= 15 is 0 Å². The number of aromatic amines is 3. The molecule has 1 aromatic carbocycles. The third-order valence-electron chi connectivity index (χ3n) is 3.19. The van der Waals surface area contributed by atoms with E-state index in [4.69, 9.17) is 24.4 Å². The minimum atomic E-state index is 0.445. The third kappa shape index (κ3) is 2.14. The number of rotatable bonds is 3. The highest BCUT2D eigenvalue weighted by molar-refractivity contribution is 7.72. The van der Waals surface area contributed by atoms with Crippen LogP contribution in [0.5, 0.6) is 0 Å². The molecule has 102 valence electrons. The molecule has 0 aliphatic carbocycles. The standard InChI is InChI=1S/C13H13N5S2/c1-2-8-4-3-5-10-9(6-14-11(8)10)7-15-18-12(19)16-17-13(18)20/h3-7,14H,2H2,1H3,(H,16,19)(H,17,20)/b15-7+. The van der Waals surface area contributed by atoms with E-state index in [1.165, 1.54) is 10.2 Å². The SMILES string of the molecule is CCc1cccc2c(/C=N/n3c(=S)[nH][nH]c3=S)c[nH]c12. The fourth-order valence-electron chi connectivity index (χ4n) is 2.17. The van der Waals surface area contributed by atoms with Gasteiger partial charge in [0.05, 0.1) is 6.21 Å². The second-order valence-electron chi connectivity index (χ2n) is 4.35. The van der Waals surface area contributed by atoms with Crippen molar-refractivity contribution in [2.45, 2.75) is 13.3 Å². The van der Waals surface area contributed by atoms with E-state index in [0.29, 0.717) is 9.54 Å². The summed E-state index contributed by atoms with van der Waals surface area (Å²) in [5, 5.41) is 11.0. The molecule has 0 amide bonds. The molecule has 20 heavy (non-hydrogen) atoms. The molecule has 0 radical (unpaired) electrons. The van der Waals surface area contributed by atoms with Crippen molar-refractivity contribution in [2.24, 2.45) is 5.10 Å². The molecule has 2 aromatic heterocycles. The Hall–Kier alpha value is -1.99. The number of aromatic nitrogens is 4. The van der Waals surface area contributed by atoms with Gasteiger partial charge >= 0.3 is 0 Å². The van der Waals surface area contributed by atoms with Gasteiger partial charge in [-0.15, -0.1) is 0 Å². The number of nitrogens with zero attached hydrogens (tertiary/aromatic N) is 2. The third-order valence-corrected chi connectivity index (χ3v) is 3.74. The van der Waals surface area contributed by atoms with Gasteiger partial charge in [-0.1, -0.05) is 25.1 Å². The average molecular weight is 303 g/mol. The van der Waals surface area contributed by atoms with Crippen LogP contribution in [-0.4, -0.2) is 26.1 Å². The molecule has 2 heterocycles. The zero-order valence-corrected chi connectivity index (χ0v) is 12.4. The lowest BCUT2D eigenvalue weighted by atomic mass is 10.1. The molecule has 3 aromatic rings. The van der Waals surface area contributed by atoms with Crippen molar-refractivity contribution in [3.8, 4) is 0 Å². The molecule has 5 nitrogen and oxygen atoms in total. The Labute approximate surface area is 125 Å². The van der Waals surface area contributed by atoms with Crippen LogP contribution in [0.1, 0.15) is 18.1 Å². The van der Waals surface area contributed by atoms with Crippen LogP contribution >= 0.6 is 24.4 Å². The molecule has 3 N–H and O–H groups in total. The Bertz CT molecular complexity index is 866. The molecule has 7 heteroatoms. The molecule has 0 aliphatic rings. The number of hydrogen-bond acceptors (Lipinski definition) is 3. The Morgan fingerprint density at radius 2 is 2.00 bits per heavy atom. The summed E-state index contributed by atoms with van der Waals surface area (Å²) < 4.78 is 2.37. The summed E-state index contributed by atoms with van der Waals surface area (Å²) in [5.41, 5.74) is 3.45. The van der Waals surface area contributed by atoms with Crippen molar-refractivity contribution in [2.75, 3.05) is 0 Å². The van der Waals surface area contributed by atoms with Crippen molar-refractivity contribution >= 4 is 41.6 Å². The second-order valence-corrected chi connectivity index (χ2v) is 5.13. The normalized spacial score (nSPS) is 11.7. The van der Waals surface area contributed by atoms with Crippen LogP contribution in [-0.2, 0) is 6.42 Å². The van der Waals surface area contributed by atoms with Gasteiger partial charge in [-0.25, -0.2) is 0 Å². The van der Waals surface area contributed by atoms with Gasteiger partial charge in [0.15, 0.2) is 0 Å². The molecule has 0 saturated heterocycles. The summed E-state index contributed by atoms with van der Waals surface area (Å²) in [5.74, 6) is 0. The van der Waals surface area contributed by atoms with E-state index in [9.17, 15) is 0 Å². The van der Waals surface area contributed by atoms with Crippen molar-refractivity contribution in [3.63, 3.8) is 0 Å². The molecular weight excluding hydrogens is 290 g/mol. The molecule has 0 bridgehead atoms. The lowest BCUT2D eigenvalue weighted by molar-refractivity contribution is 0.849. The number of para-hydroxylation sites is 1. The average Bonchev–Trinajstić information content (AvgIpc) is 3.01. The summed E-state index contributed by atoms with van der Waals surface area (Å²) >= 11 is 10.2. The van der Waals surface area contributed by atoms with Crippen LogP contribution in [0, 0.1) is 9.54 Å². The van der Waals surface area contributed by atoms with Crippen LogP contribution in [0.25, 0.3) is 10.9 Å². The smallest absolute Gasteiger partial charge is 0.215 e. The van der Waals surface area contributed by atoms with Crippen molar-refractivity contribution in [1.82, 2.24) is 19.9 Å². The van der Waals surface area contributed by atoms with Crippen molar-refractivity contribution in [3.05, 3.63) is 45.1 Å². The van der Waals surface area contributed by atoms with E-state index in [-0.39, 0.29) is 0 Å². The Balaban J connectivity index is 2.08. The summed E-state index contributed by atoms with van der Waals surface area (Å²) in [7, 11) is 0. The Morgan fingerprint density at radius 1 is 1.25 bits per heavy atom. The van der Waals surface area contributed by atoms with Gasteiger partial charge in [-0.2, -0.15) is 9.78 Å². The number of fused-ring (bicyclic) bond motifs is 1. The fraction of sp³-hybridized carbons (Fsp3) is 0.154. The molecule has 0 fully saturated rings. The topological polar surface area (TPSA) is 64.7 Å². The van der Waals surface area contributed by atoms with Crippen LogP contribution in [0.2, 0.25) is 0 Å². The summed E-state index contributed by atoms with van der Waals surface area (Å²) in [6, 6.07) is 6.25. The molecule has 0 unspecified atom stereocenters. The van der Waals surface area contributed by atoms with Gasteiger partial charge in [0.1, 0.15) is 0 Å².